The Kier molecular flexibility index (Phi) is 6.44. The van der Waals surface area contributed by atoms with Gasteiger partial charge in [-0.15, -0.1) is 0 Å². The summed E-state index contributed by atoms with van der Waals surface area (Å²) < 4.78 is 0. The Balaban J connectivity index is 1.54. The number of aryl methyl sites for hydroxylation is 2. The number of benzene rings is 5. The fraction of sp³-hybridized carbons (Fsp3) is 0.154. The second kappa shape index (κ2) is 10.2. The first-order valence-electron chi connectivity index (χ1n) is 14.6. The van der Waals surface area contributed by atoms with Gasteiger partial charge < -0.3 is 4.90 Å². The maximum Gasteiger partial charge on any atom is 0.0958 e. The van der Waals surface area contributed by atoms with Crippen molar-refractivity contribution < 1.29 is 0 Å². The highest BCUT2D eigenvalue weighted by Gasteiger charge is 2.27. The van der Waals surface area contributed by atoms with E-state index in [2.05, 4.69) is 155 Å². The Bertz CT molecular complexity index is 1900. The summed E-state index contributed by atoms with van der Waals surface area (Å²) in [6.45, 7) is 11.1. The number of hydrogen-bond acceptors (Lipinski definition) is 3. The van der Waals surface area contributed by atoms with Crippen molar-refractivity contribution in [3.8, 4) is 22.4 Å². The largest absolute Gasteiger partial charge is 0.306 e. The first-order chi connectivity index (χ1) is 20.3. The summed E-state index contributed by atoms with van der Waals surface area (Å²) in [7, 11) is 0. The van der Waals surface area contributed by atoms with Gasteiger partial charge in [0.05, 0.1) is 28.3 Å². The molecule has 0 bridgehead atoms. The molecule has 0 radical (unpaired) electrons. The van der Waals surface area contributed by atoms with E-state index in [1.54, 1.807) is 0 Å². The van der Waals surface area contributed by atoms with Crippen LogP contribution in [0.1, 0.15) is 37.5 Å². The quantitative estimate of drug-likeness (QED) is 0.213. The molecule has 0 N–H and O–H groups in total. The Morgan fingerprint density at radius 3 is 1.83 bits per heavy atom. The summed E-state index contributed by atoms with van der Waals surface area (Å²) in [5.41, 5.74) is 12.9. The highest BCUT2D eigenvalue weighted by atomic mass is 32.2. The number of hydrogen-bond donors (Lipinski definition) is 0. The van der Waals surface area contributed by atoms with Crippen molar-refractivity contribution in [1.29, 1.82) is 0 Å². The molecule has 5 aromatic carbocycles. The second-order valence-corrected chi connectivity index (χ2v) is 13.3. The summed E-state index contributed by atoms with van der Waals surface area (Å²) in [5.74, 6) is 0. The van der Waals surface area contributed by atoms with E-state index in [4.69, 9.17) is 4.98 Å². The zero-order valence-electron chi connectivity index (χ0n) is 24.8. The van der Waals surface area contributed by atoms with E-state index in [9.17, 15) is 0 Å². The molecule has 1 aliphatic heterocycles. The minimum absolute atomic E-state index is 0.0992. The Morgan fingerprint density at radius 1 is 0.619 bits per heavy atom. The third-order valence-corrected chi connectivity index (χ3v) is 9.36. The zero-order chi connectivity index (χ0) is 29.0. The molecule has 42 heavy (non-hydrogen) atoms. The van der Waals surface area contributed by atoms with Gasteiger partial charge in [-0.05, 0) is 77.9 Å². The molecule has 1 aromatic heterocycles. The molecule has 1 aliphatic rings. The zero-order valence-corrected chi connectivity index (χ0v) is 25.6. The van der Waals surface area contributed by atoms with Crippen molar-refractivity contribution in [2.45, 2.75) is 49.8 Å². The summed E-state index contributed by atoms with van der Waals surface area (Å²) in [4.78, 5) is 10.4. The Labute approximate surface area is 253 Å². The van der Waals surface area contributed by atoms with Crippen molar-refractivity contribution >= 4 is 39.7 Å². The first-order valence-corrected chi connectivity index (χ1v) is 15.4. The van der Waals surface area contributed by atoms with Crippen LogP contribution in [0.3, 0.4) is 0 Å². The minimum atomic E-state index is 0.0992. The molecule has 0 unspecified atom stereocenters. The van der Waals surface area contributed by atoms with Gasteiger partial charge in [-0.2, -0.15) is 0 Å². The van der Waals surface area contributed by atoms with Gasteiger partial charge in [0.2, 0.25) is 0 Å². The van der Waals surface area contributed by atoms with E-state index in [-0.39, 0.29) is 5.41 Å². The summed E-state index contributed by atoms with van der Waals surface area (Å²) in [5, 5.41) is 1.19. The fourth-order valence-electron chi connectivity index (χ4n) is 5.89. The molecule has 6 aromatic rings. The fourth-order valence-corrected chi connectivity index (χ4v) is 6.95. The molecule has 0 amide bonds. The van der Waals surface area contributed by atoms with Crippen molar-refractivity contribution in [2.24, 2.45) is 0 Å². The second-order valence-electron chi connectivity index (χ2n) is 12.2. The third kappa shape index (κ3) is 4.59. The van der Waals surface area contributed by atoms with Crippen LogP contribution in [0.2, 0.25) is 0 Å². The summed E-state index contributed by atoms with van der Waals surface area (Å²) in [6.07, 6.45) is 0. The van der Waals surface area contributed by atoms with E-state index < -0.39 is 0 Å². The van der Waals surface area contributed by atoms with Crippen LogP contribution in [-0.2, 0) is 5.41 Å². The van der Waals surface area contributed by atoms with Crippen LogP contribution in [0.5, 0.6) is 0 Å². The van der Waals surface area contributed by atoms with Crippen molar-refractivity contribution in [1.82, 2.24) is 4.98 Å². The summed E-state index contributed by atoms with van der Waals surface area (Å²) in [6, 6.07) is 42.0. The molecule has 206 valence electrons. The number of anilines is 3. The van der Waals surface area contributed by atoms with Gasteiger partial charge in [-0.3, -0.25) is 0 Å². The van der Waals surface area contributed by atoms with Crippen molar-refractivity contribution in [3.05, 3.63) is 132 Å². The van der Waals surface area contributed by atoms with Gasteiger partial charge in [-0.1, -0.05) is 117 Å². The number of aromatic nitrogens is 1. The molecule has 0 saturated heterocycles. The molecule has 0 atom stereocenters. The van der Waals surface area contributed by atoms with E-state index in [1.807, 2.05) is 11.8 Å². The molecule has 7 rings (SSSR count). The molecule has 3 heteroatoms. The lowest BCUT2D eigenvalue weighted by molar-refractivity contribution is 0.590. The lowest BCUT2D eigenvalue weighted by Crippen LogP contribution is -2.15. The van der Waals surface area contributed by atoms with Crippen LogP contribution in [0.4, 0.5) is 17.1 Å². The number of nitrogens with zero attached hydrogens (tertiary/aromatic N) is 2. The maximum absolute atomic E-state index is 5.45. The van der Waals surface area contributed by atoms with Gasteiger partial charge in [0.1, 0.15) is 0 Å². The van der Waals surface area contributed by atoms with Crippen LogP contribution < -0.4 is 4.90 Å². The van der Waals surface area contributed by atoms with Gasteiger partial charge in [0, 0.05) is 20.7 Å². The molecule has 0 spiro atoms. The SMILES string of the molecule is Cc1ccc(-c2cc(-c3ccc(C(C)(C)C)cc3)c3c(C)ccc(N4c5ccccc5Sc5ccccc54)c3n2)cc1. The monoisotopic (exact) mass is 562 g/mol. The lowest BCUT2D eigenvalue weighted by atomic mass is 9.85. The lowest BCUT2D eigenvalue weighted by Gasteiger charge is -2.33. The topological polar surface area (TPSA) is 16.1 Å². The predicted octanol–water partition coefficient (Wildman–Crippen LogP) is 11.4. The van der Waals surface area contributed by atoms with Crippen LogP contribution in [0, 0.1) is 13.8 Å². The van der Waals surface area contributed by atoms with Crippen LogP contribution in [0.25, 0.3) is 33.3 Å². The number of pyridine rings is 1. The van der Waals surface area contributed by atoms with Crippen LogP contribution in [-0.4, -0.2) is 4.98 Å². The number of rotatable bonds is 3. The van der Waals surface area contributed by atoms with E-state index in [1.165, 1.54) is 54.4 Å². The molecule has 2 nitrogen and oxygen atoms in total. The molecule has 2 heterocycles. The Morgan fingerprint density at radius 2 is 1.21 bits per heavy atom. The van der Waals surface area contributed by atoms with E-state index >= 15 is 0 Å². The predicted molar refractivity (Wildman–Crippen MR) is 180 cm³/mol. The average molecular weight is 563 g/mol. The van der Waals surface area contributed by atoms with Crippen LogP contribution in [0.15, 0.2) is 125 Å². The maximum atomic E-state index is 5.45. The van der Waals surface area contributed by atoms with Crippen molar-refractivity contribution in [2.75, 3.05) is 4.90 Å². The number of fused-ring (bicyclic) bond motifs is 3. The normalized spacial score (nSPS) is 12.7. The van der Waals surface area contributed by atoms with Crippen LogP contribution >= 0.6 is 11.8 Å². The highest BCUT2D eigenvalue weighted by Crippen LogP contribution is 2.53. The van der Waals surface area contributed by atoms with Gasteiger partial charge >= 0.3 is 0 Å². The molecule has 0 fully saturated rings. The smallest absolute Gasteiger partial charge is 0.0958 e. The average Bonchev–Trinajstić information content (AvgIpc) is 3.00. The Hall–Kier alpha value is -4.34. The highest BCUT2D eigenvalue weighted by molar-refractivity contribution is 7.99. The van der Waals surface area contributed by atoms with E-state index in [0.29, 0.717) is 0 Å². The van der Waals surface area contributed by atoms with Gasteiger partial charge in [0.15, 0.2) is 0 Å². The summed E-state index contributed by atoms with van der Waals surface area (Å²) >= 11 is 1.83. The molecule has 0 aliphatic carbocycles. The van der Waals surface area contributed by atoms with Crippen molar-refractivity contribution in [3.63, 3.8) is 0 Å². The number of para-hydroxylation sites is 2. The molecular weight excluding hydrogens is 529 g/mol. The molecular formula is C39H34N2S. The third-order valence-electron chi connectivity index (χ3n) is 8.23. The van der Waals surface area contributed by atoms with Gasteiger partial charge in [0.25, 0.3) is 0 Å². The minimum Gasteiger partial charge on any atom is -0.306 e. The van der Waals surface area contributed by atoms with Gasteiger partial charge in [-0.25, -0.2) is 4.98 Å². The standard InChI is InChI=1S/C39H34N2S/c1-25-14-17-28(18-15-25)31-24-30(27-19-21-29(22-20-27)39(3,4)5)37-26(2)16-23-34(38(37)40-31)41-32-10-6-8-12-35(32)42-36-13-9-7-11-33(36)41/h6-24H,1-5H3. The molecule has 0 saturated carbocycles. The first kappa shape index (κ1) is 26.6. The van der Waals surface area contributed by atoms with E-state index in [0.717, 1.165) is 22.5 Å².